The van der Waals surface area contributed by atoms with Crippen LogP contribution < -0.4 is 5.32 Å². The van der Waals surface area contributed by atoms with Crippen molar-refractivity contribution in [1.29, 1.82) is 0 Å². The van der Waals surface area contributed by atoms with Gasteiger partial charge in [0.2, 0.25) is 0 Å². The summed E-state index contributed by atoms with van der Waals surface area (Å²) in [6.07, 6.45) is 6.49. The van der Waals surface area contributed by atoms with E-state index < -0.39 is 0 Å². The number of benzene rings is 1. The van der Waals surface area contributed by atoms with Gasteiger partial charge in [-0.1, -0.05) is 18.6 Å². The van der Waals surface area contributed by atoms with E-state index in [0.717, 1.165) is 12.5 Å². The van der Waals surface area contributed by atoms with E-state index in [1.54, 1.807) is 0 Å². The number of rotatable bonds is 4. The molecule has 2 nitrogen and oxygen atoms in total. The van der Waals surface area contributed by atoms with Crippen LogP contribution in [-0.4, -0.2) is 11.6 Å². The Bertz CT molecular complexity index is 509. The van der Waals surface area contributed by atoms with Crippen LogP contribution in [0.4, 0.5) is 0 Å². The summed E-state index contributed by atoms with van der Waals surface area (Å²) in [4.78, 5) is 0. The molecule has 2 heteroatoms. The Labute approximate surface area is 103 Å². The van der Waals surface area contributed by atoms with Crippen LogP contribution >= 0.6 is 0 Å². The summed E-state index contributed by atoms with van der Waals surface area (Å²) in [6, 6.07) is 9.01. The molecule has 1 saturated carbocycles. The minimum absolute atomic E-state index is 0.915. The van der Waals surface area contributed by atoms with Gasteiger partial charge in [0.1, 0.15) is 0 Å². The second kappa shape index (κ2) is 4.53. The smallest absolute Gasteiger partial charge is 0.0483 e. The van der Waals surface area contributed by atoms with Crippen molar-refractivity contribution in [2.45, 2.75) is 32.4 Å². The van der Waals surface area contributed by atoms with Gasteiger partial charge >= 0.3 is 0 Å². The van der Waals surface area contributed by atoms with Crippen LogP contribution in [0.3, 0.4) is 0 Å². The van der Waals surface area contributed by atoms with Crippen molar-refractivity contribution in [1.82, 2.24) is 9.88 Å². The predicted octanol–water partition coefficient (Wildman–Crippen LogP) is 3.16. The van der Waals surface area contributed by atoms with Gasteiger partial charge in [-0.3, -0.25) is 0 Å². The van der Waals surface area contributed by atoms with Crippen LogP contribution in [0, 0.1) is 5.92 Å². The van der Waals surface area contributed by atoms with Crippen molar-refractivity contribution >= 4 is 10.9 Å². The number of nitrogens with zero attached hydrogens (tertiary/aromatic N) is 1. The maximum absolute atomic E-state index is 3.21. The molecule has 0 amide bonds. The Morgan fingerprint density at radius 3 is 2.88 bits per heavy atom. The lowest BCUT2D eigenvalue weighted by atomic mass is 9.85. The molecule has 3 rings (SSSR count). The van der Waals surface area contributed by atoms with Gasteiger partial charge in [-0.25, -0.2) is 0 Å². The summed E-state index contributed by atoms with van der Waals surface area (Å²) in [7, 11) is 2.00. The van der Waals surface area contributed by atoms with Crippen molar-refractivity contribution in [2.75, 3.05) is 7.05 Å². The summed E-state index contributed by atoms with van der Waals surface area (Å²) >= 11 is 0. The molecule has 0 atom stereocenters. The second-order valence-corrected chi connectivity index (χ2v) is 5.19. The minimum atomic E-state index is 0.915. The molecule has 2 aromatic rings. The van der Waals surface area contributed by atoms with Gasteiger partial charge in [0, 0.05) is 24.8 Å². The minimum Gasteiger partial charge on any atom is -0.347 e. The highest BCUT2D eigenvalue weighted by Gasteiger charge is 2.18. The fourth-order valence-corrected chi connectivity index (χ4v) is 2.66. The molecule has 0 saturated heterocycles. The van der Waals surface area contributed by atoms with Crippen molar-refractivity contribution in [3.8, 4) is 0 Å². The lowest BCUT2D eigenvalue weighted by Crippen LogP contribution is -2.17. The zero-order valence-electron chi connectivity index (χ0n) is 10.4. The van der Waals surface area contributed by atoms with Crippen molar-refractivity contribution < 1.29 is 0 Å². The molecule has 1 aromatic heterocycles. The molecule has 90 valence electrons. The first-order valence-corrected chi connectivity index (χ1v) is 6.59. The average Bonchev–Trinajstić information content (AvgIpc) is 2.67. The van der Waals surface area contributed by atoms with Crippen molar-refractivity contribution in [3.05, 3.63) is 36.0 Å². The van der Waals surface area contributed by atoms with E-state index in [0.29, 0.717) is 0 Å². The summed E-state index contributed by atoms with van der Waals surface area (Å²) in [5.41, 5.74) is 2.76. The van der Waals surface area contributed by atoms with E-state index in [1.165, 1.54) is 42.3 Å². The van der Waals surface area contributed by atoms with Crippen LogP contribution in [0.5, 0.6) is 0 Å². The molecule has 1 aliphatic carbocycles. The molecule has 1 fully saturated rings. The van der Waals surface area contributed by atoms with Crippen LogP contribution in [0.25, 0.3) is 10.9 Å². The lowest BCUT2D eigenvalue weighted by molar-refractivity contribution is 0.280. The first-order chi connectivity index (χ1) is 8.36. The fraction of sp³-hybridized carbons (Fsp3) is 0.467. The van der Waals surface area contributed by atoms with Gasteiger partial charge in [0.15, 0.2) is 0 Å². The highest BCUT2D eigenvalue weighted by Crippen LogP contribution is 2.29. The first-order valence-electron chi connectivity index (χ1n) is 6.59. The number of hydrogen-bond acceptors (Lipinski definition) is 1. The summed E-state index contributed by atoms with van der Waals surface area (Å²) in [6.45, 7) is 2.15. The molecule has 1 heterocycles. The van der Waals surface area contributed by atoms with E-state index in [1.807, 2.05) is 7.05 Å². The Kier molecular flexibility index (Phi) is 2.89. The Morgan fingerprint density at radius 2 is 2.18 bits per heavy atom. The summed E-state index contributed by atoms with van der Waals surface area (Å²) in [5, 5.41) is 4.58. The first kappa shape index (κ1) is 10.8. The Hall–Kier alpha value is -1.28. The normalized spacial score (nSPS) is 16.3. The topological polar surface area (TPSA) is 17.0 Å². The molecular weight excluding hydrogens is 208 g/mol. The predicted molar refractivity (Wildman–Crippen MR) is 72.0 cm³/mol. The largest absolute Gasteiger partial charge is 0.347 e. The van der Waals surface area contributed by atoms with Crippen LogP contribution in [0.1, 0.15) is 24.8 Å². The number of nitrogens with one attached hydrogen (secondary N) is 1. The number of fused-ring (bicyclic) bond motifs is 1. The quantitative estimate of drug-likeness (QED) is 0.850. The standard InChI is InChI=1S/C15H20N2/c1-16-10-13-5-6-14-7-8-17(15(14)9-13)11-12-3-2-4-12/h5-9,12,16H,2-4,10-11H2,1H3. The highest BCUT2D eigenvalue weighted by atomic mass is 15.0. The number of hydrogen-bond donors (Lipinski definition) is 1. The zero-order valence-corrected chi connectivity index (χ0v) is 10.4. The third-order valence-corrected chi connectivity index (χ3v) is 3.90. The zero-order chi connectivity index (χ0) is 11.7. The highest BCUT2D eigenvalue weighted by molar-refractivity contribution is 5.80. The molecule has 0 aliphatic heterocycles. The van der Waals surface area contributed by atoms with Gasteiger partial charge < -0.3 is 9.88 Å². The average molecular weight is 228 g/mol. The monoisotopic (exact) mass is 228 g/mol. The molecule has 1 N–H and O–H groups in total. The molecule has 17 heavy (non-hydrogen) atoms. The molecular formula is C15H20N2. The summed E-state index contributed by atoms with van der Waals surface area (Å²) < 4.78 is 2.43. The maximum atomic E-state index is 3.21. The molecule has 0 bridgehead atoms. The van der Waals surface area contributed by atoms with Gasteiger partial charge in [0.25, 0.3) is 0 Å². The van der Waals surface area contributed by atoms with Crippen LogP contribution in [-0.2, 0) is 13.1 Å². The van der Waals surface area contributed by atoms with Gasteiger partial charge in [-0.05, 0) is 48.9 Å². The molecule has 0 spiro atoms. The third kappa shape index (κ3) is 2.09. The maximum Gasteiger partial charge on any atom is 0.0483 e. The SMILES string of the molecule is CNCc1ccc2ccn(CC3CCC3)c2c1. The van der Waals surface area contributed by atoms with E-state index in [-0.39, 0.29) is 0 Å². The molecule has 0 radical (unpaired) electrons. The van der Waals surface area contributed by atoms with E-state index in [4.69, 9.17) is 0 Å². The third-order valence-electron chi connectivity index (χ3n) is 3.90. The lowest BCUT2D eigenvalue weighted by Gasteiger charge is -2.26. The van der Waals surface area contributed by atoms with Crippen LogP contribution in [0.15, 0.2) is 30.5 Å². The molecule has 1 aromatic carbocycles. The van der Waals surface area contributed by atoms with Crippen molar-refractivity contribution in [2.24, 2.45) is 5.92 Å². The van der Waals surface area contributed by atoms with Gasteiger partial charge in [-0.15, -0.1) is 0 Å². The van der Waals surface area contributed by atoms with Crippen molar-refractivity contribution in [3.63, 3.8) is 0 Å². The van der Waals surface area contributed by atoms with Gasteiger partial charge in [0.05, 0.1) is 0 Å². The van der Waals surface area contributed by atoms with E-state index in [9.17, 15) is 0 Å². The molecule has 0 unspecified atom stereocenters. The second-order valence-electron chi connectivity index (χ2n) is 5.19. The van der Waals surface area contributed by atoms with E-state index in [2.05, 4.69) is 40.3 Å². The Morgan fingerprint density at radius 1 is 1.29 bits per heavy atom. The summed E-state index contributed by atoms with van der Waals surface area (Å²) in [5.74, 6) is 0.915. The van der Waals surface area contributed by atoms with Crippen LogP contribution in [0.2, 0.25) is 0 Å². The molecule has 1 aliphatic rings. The Balaban J connectivity index is 1.91. The number of aromatic nitrogens is 1. The van der Waals surface area contributed by atoms with E-state index >= 15 is 0 Å². The fourth-order valence-electron chi connectivity index (χ4n) is 2.66. The van der Waals surface area contributed by atoms with Gasteiger partial charge in [-0.2, -0.15) is 0 Å².